The molecule has 1 heterocycles. The molecule has 0 aliphatic heterocycles. The highest BCUT2D eigenvalue weighted by atomic mass is 35.5. The SMILES string of the molecule is Cn1cc([C@@H](NC(=O)Cc2c(F)ccc(Cl)c2F)C2CC(O)C2)cn1. The molecule has 3 rings (SSSR count). The van der Waals surface area contributed by atoms with Crippen molar-refractivity contribution >= 4 is 17.5 Å². The zero-order chi connectivity index (χ0) is 18.1. The minimum absolute atomic E-state index is 0.0530. The van der Waals surface area contributed by atoms with Gasteiger partial charge in [0.05, 0.1) is 29.8 Å². The van der Waals surface area contributed by atoms with Gasteiger partial charge in [-0.05, 0) is 30.9 Å². The number of hydrogen-bond acceptors (Lipinski definition) is 3. The molecule has 0 radical (unpaired) electrons. The highest BCUT2D eigenvalue weighted by Gasteiger charge is 2.36. The lowest BCUT2D eigenvalue weighted by Gasteiger charge is -2.37. The number of aryl methyl sites for hydroxylation is 1. The van der Waals surface area contributed by atoms with Crippen molar-refractivity contribution in [3.8, 4) is 0 Å². The third-order valence-corrected chi connectivity index (χ3v) is 4.79. The Bertz CT molecular complexity index is 790. The number of nitrogens with one attached hydrogen (secondary N) is 1. The Labute approximate surface area is 148 Å². The first kappa shape index (κ1) is 17.8. The molecule has 1 aromatic carbocycles. The predicted molar refractivity (Wildman–Crippen MR) is 87.9 cm³/mol. The van der Waals surface area contributed by atoms with Crippen LogP contribution in [0.25, 0.3) is 0 Å². The van der Waals surface area contributed by atoms with E-state index in [2.05, 4.69) is 10.4 Å². The lowest BCUT2D eigenvalue weighted by molar-refractivity contribution is -0.122. The van der Waals surface area contributed by atoms with E-state index in [4.69, 9.17) is 11.6 Å². The Hall–Kier alpha value is -1.99. The molecule has 8 heteroatoms. The van der Waals surface area contributed by atoms with Crippen molar-refractivity contribution < 1.29 is 18.7 Å². The van der Waals surface area contributed by atoms with Crippen LogP contribution in [0.1, 0.15) is 30.0 Å². The molecule has 2 N–H and O–H groups in total. The molecule has 1 amide bonds. The molecule has 25 heavy (non-hydrogen) atoms. The van der Waals surface area contributed by atoms with Crippen LogP contribution in [0.5, 0.6) is 0 Å². The number of halogens is 3. The van der Waals surface area contributed by atoms with E-state index in [9.17, 15) is 18.7 Å². The Morgan fingerprint density at radius 2 is 2.20 bits per heavy atom. The largest absolute Gasteiger partial charge is 0.393 e. The standard InChI is InChI=1S/C17H18ClF2N3O2/c1-23-8-10(7-21-23)17(9-4-11(24)5-9)22-15(25)6-12-14(19)3-2-13(18)16(12)20/h2-3,7-9,11,17,24H,4-6H2,1H3,(H,22,25)/t9?,11?,17-/m0/s1. The number of rotatable bonds is 5. The van der Waals surface area contributed by atoms with Crippen molar-refractivity contribution in [3.05, 3.63) is 52.3 Å². The maximum atomic E-state index is 14.0. The monoisotopic (exact) mass is 369 g/mol. The average Bonchev–Trinajstić information content (AvgIpc) is 2.96. The van der Waals surface area contributed by atoms with Crippen LogP contribution in [-0.2, 0) is 18.3 Å². The summed E-state index contributed by atoms with van der Waals surface area (Å²) in [6.45, 7) is 0. The van der Waals surface area contributed by atoms with Gasteiger partial charge in [0.2, 0.25) is 5.91 Å². The molecule has 0 unspecified atom stereocenters. The molecular formula is C17H18ClF2N3O2. The van der Waals surface area contributed by atoms with Crippen molar-refractivity contribution in [2.75, 3.05) is 0 Å². The van der Waals surface area contributed by atoms with Gasteiger partial charge in [0.25, 0.3) is 0 Å². The van der Waals surface area contributed by atoms with E-state index >= 15 is 0 Å². The quantitative estimate of drug-likeness (QED) is 0.796. The number of carbonyl (C=O) groups excluding carboxylic acids is 1. The van der Waals surface area contributed by atoms with E-state index < -0.39 is 24.0 Å². The summed E-state index contributed by atoms with van der Waals surface area (Å²) in [5.41, 5.74) is 0.434. The van der Waals surface area contributed by atoms with Gasteiger partial charge >= 0.3 is 0 Å². The summed E-state index contributed by atoms with van der Waals surface area (Å²) in [6, 6.07) is 1.78. The van der Waals surface area contributed by atoms with Gasteiger partial charge in [0.1, 0.15) is 11.6 Å². The van der Waals surface area contributed by atoms with Crippen molar-refractivity contribution in [1.82, 2.24) is 15.1 Å². The summed E-state index contributed by atoms with van der Waals surface area (Å²) >= 11 is 5.66. The van der Waals surface area contributed by atoms with E-state index in [0.717, 1.165) is 17.7 Å². The second kappa shape index (κ2) is 7.09. The summed E-state index contributed by atoms with van der Waals surface area (Å²) < 4.78 is 29.4. The number of aliphatic hydroxyl groups excluding tert-OH is 1. The molecule has 1 aliphatic carbocycles. The van der Waals surface area contributed by atoms with Crippen molar-refractivity contribution in [2.45, 2.75) is 31.4 Å². The Morgan fingerprint density at radius 1 is 1.48 bits per heavy atom. The molecule has 134 valence electrons. The van der Waals surface area contributed by atoms with Gasteiger partial charge in [-0.3, -0.25) is 9.48 Å². The maximum Gasteiger partial charge on any atom is 0.225 e. The predicted octanol–water partition coefficient (Wildman–Crippen LogP) is 2.52. The number of carbonyl (C=O) groups is 1. The van der Waals surface area contributed by atoms with Gasteiger partial charge in [-0.15, -0.1) is 0 Å². The zero-order valence-corrected chi connectivity index (χ0v) is 14.3. The van der Waals surface area contributed by atoms with E-state index in [-0.39, 0.29) is 28.6 Å². The van der Waals surface area contributed by atoms with Gasteiger partial charge < -0.3 is 10.4 Å². The minimum atomic E-state index is -0.922. The lowest BCUT2D eigenvalue weighted by Crippen LogP contribution is -2.41. The fraction of sp³-hybridized carbons (Fsp3) is 0.412. The Morgan fingerprint density at radius 3 is 2.80 bits per heavy atom. The highest BCUT2D eigenvalue weighted by Crippen LogP contribution is 2.38. The minimum Gasteiger partial charge on any atom is -0.393 e. The van der Waals surface area contributed by atoms with Gasteiger partial charge in [-0.2, -0.15) is 5.10 Å². The Kier molecular flexibility index (Phi) is 5.06. The van der Waals surface area contributed by atoms with E-state index in [1.807, 2.05) is 0 Å². The van der Waals surface area contributed by atoms with Crippen LogP contribution in [-0.4, -0.2) is 26.9 Å². The smallest absolute Gasteiger partial charge is 0.225 e. The molecule has 0 bridgehead atoms. The van der Waals surface area contributed by atoms with E-state index in [1.165, 1.54) is 0 Å². The van der Waals surface area contributed by atoms with Crippen molar-refractivity contribution in [1.29, 1.82) is 0 Å². The van der Waals surface area contributed by atoms with Crippen LogP contribution in [0.3, 0.4) is 0 Å². The fourth-order valence-electron chi connectivity index (χ4n) is 3.09. The number of aliphatic hydroxyl groups is 1. The van der Waals surface area contributed by atoms with Crippen LogP contribution >= 0.6 is 11.6 Å². The summed E-state index contributed by atoms with van der Waals surface area (Å²) in [4.78, 5) is 12.4. The van der Waals surface area contributed by atoms with Crippen LogP contribution in [0, 0.1) is 17.6 Å². The number of amides is 1. The van der Waals surface area contributed by atoms with Crippen LogP contribution < -0.4 is 5.32 Å². The van der Waals surface area contributed by atoms with E-state index in [0.29, 0.717) is 12.8 Å². The number of benzene rings is 1. The van der Waals surface area contributed by atoms with Crippen LogP contribution in [0.2, 0.25) is 5.02 Å². The third kappa shape index (κ3) is 3.82. The van der Waals surface area contributed by atoms with Crippen molar-refractivity contribution in [2.24, 2.45) is 13.0 Å². The second-order valence-corrected chi connectivity index (χ2v) is 6.78. The molecule has 1 aliphatic rings. The molecule has 1 atom stereocenters. The number of hydrogen-bond donors (Lipinski definition) is 2. The second-order valence-electron chi connectivity index (χ2n) is 6.38. The van der Waals surface area contributed by atoms with E-state index in [1.54, 1.807) is 24.1 Å². The van der Waals surface area contributed by atoms with Gasteiger partial charge in [0.15, 0.2) is 0 Å². The zero-order valence-electron chi connectivity index (χ0n) is 13.5. The lowest BCUT2D eigenvalue weighted by atomic mass is 9.75. The molecule has 0 spiro atoms. The number of nitrogens with zero attached hydrogens (tertiary/aromatic N) is 2. The third-order valence-electron chi connectivity index (χ3n) is 4.50. The fourth-order valence-corrected chi connectivity index (χ4v) is 3.27. The van der Waals surface area contributed by atoms with Gasteiger partial charge in [0, 0.05) is 24.4 Å². The van der Waals surface area contributed by atoms with Crippen molar-refractivity contribution in [3.63, 3.8) is 0 Å². The maximum absolute atomic E-state index is 14.0. The van der Waals surface area contributed by atoms with Crippen LogP contribution in [0.15, 0.2) is 24.5 Å². The average molecular weight is 370 g/mol. The highest BCUT2D eigenvalue weighted by molar-refractivity contribution is 6.30. The Balaban J connectivity index is 1.76. The topological polar surface area (TPSA) is 67.2 Å². The number of aromatic nitrogens is 2. The molecule has 1 aromatic heterocycles. The van der Waals surface area contributed by atoms with Gasteiger partial charge in [-0.25, -0.2) is 8.78 Å². The molecule has 5 nitrogen and oxygen atoms in total. The first-order chi connectivity index (χ1) is 11.8. The summed E-state index contributed by atoms with van der Waals surface area (Å²) in [5.74, 6) is -2.20. The van der Waals surface area contributed by atoms with Crippen LogP contribution in [0.4, 0.5) is 8.78 Å². The molecule has 1 saturated carbocycles. The first-order valence-electron chi connectivity index (χ1n) is 7.93. The summed E-state index contributed by atoms with van der Waals surface area (Å²) in [7, 11) is 1.76. The van der Waals surface area contributed by atoms with Gasteiger partial charge in [-0.1, -0.05) is 11.6 Å². The molecular weight excluding hydrogens is 352 g/mol. The first-order valence-corrected chi connectivity index (χ1v) is 8.31. The summed E-state index contributed by atoms with van der Waals surface area (Å²) in [5, 5.41) is 16.2. The molecule has 1 fully saturated rings. The summed E-state index contributed by atoms with van der Waals surface area (Å²) in [6.07, 6.45) is 3.68. The molecule has 2 aromatic rings. The molecule has 0 saturated heterocycles. The normalized spacial score (nSPS) is 20.8.